The summed E-state index contributed by atoms with van der Waals surface area (Å²) in [7, 11) is 1.42. The molecule has 19 heavy (non-hydrogen) atoms. The molecule has 5 heteroatoms. The molecule has 1 aromatic carbocycles. The lowest BCUT2D eigenvalue weighted by molar-refractivity contribution is -0.153. The molecule has 1 N–H and O–H groups in total. The first-order chi connectivity index (χ1) is 8.81. The van der Waals surface area contributed by atoms with Crippen molar-refractivity contribution in [1.82, 2.24) is 5.32 Å². The highest BCUT2D eigenvalue weighted by Gasteiger charge is 2.15. The molecule has 0 unspecified atom stereocenters. The van der Waals surface area contributed by atoms with E-state index in [-0.39, 0.29) is 18.3 Å². The van der Waals surface area contributed by atoms with Gasteiger partial charge in [-0.15, -0.1) is 0 Å². The van der Waals surface area contributed by atoms with Gasteiger partial charge in [-0.3, -0.25) is 4.79 Å². The molecule has 0 amide bonds. The third kappa shape index (κ3) is 5.70. The van der Waals surface area contributed by atoms with Gasteiger partial charge in [0, 0.05) is 6.54 Å². The zero-order valence-corrected chi connectivity index (χ0v) is 11.7. The summed E-state index contributed by atoms with van der Waals surface area (Å²) in [6.07, 6.45) is 0. The first kappa shape index (κ1) is 15.4. The van der Waals surface area contributed by atoms with Crippen molar-refractivity contribution in [1.29, 1.82) is 0 Å². The lowest BCUT2D eigenvalue weighted by Gasteiger charge is -2.19. The number of hydrogen-bond donors (Lipinski definition) is 1. The molecule has 0 aromatic heterocycles. The molecule has 0 radical (unpaired) electrons. The Morgan fingerprint density at radius 2 is 2.05 bits per heavy atom. The third-order valence-corrected chi connectivity index (χ3v) is 2.23. The minimum Gasteiger partial charge on any atom is -0.494 e. The summed E-state index contributed by atoms with van der Waals surface area (Å²) in [4.78, 5) is 11.4. The van der Waals surface area contributed by atoms with Crippen LogP contribution < -0.4 is 10.1 Å². The van der Waals surface area contributed by atoms with E-state index < -0.39 is 11.4 Å². The molecule has 0 bridgehead atoms. The van der Waals surface area contributed by atoms with Crippen LogP contribution in [-0.2, 0) is 16.1 Å². The summed E-state index contributed by atoms with van der Waals surface area (Å²) in [6, 6.07) is 4.67. The predicted octanol–water partition coefficient (Wildman–Crippen LogP) is 2.27. The fourth-order valence-corrected chi connectivity index (χ4v) is 1.51. The van der Waals surface area contributed by atoms with Crippen LogP contribution in [0.5, 0.6) is 5.75 Å². The number of methoxy groups -OCH3 is 1. The Morgan fingerprint density at radius 3 is 2.58 bits per heavy atom. The largest absolute Gasteiger partial charge is 0.494 e. The van der Waals surface area contributed by atoms with Crippen LogP contribution in [0.15, 0.2) is 18.2 Å². The first-order valence-corrected chi connectivity index (χ1v) is 6.07. The van der Waals surface area contributed by atoms with Crippen molar-refractivity contribution in [3.8, 4) is 5.75 Å². The molecule has 0 heterocycles. The van der Waals surface area contributed by atoms with Gasteiger partial charge in [0.05, 0.1) is 13.7 Å². The quantitative estimate of drug-likeness (QED) is 0.833. The van der Waals surface area contributed by atoms with E-state index >= 15 is 0 Å². The smallest absolute Gasteiger partial charge is 0.320 e. The highest BCUT2D eigenvalue weighted by atomic mass is 19.1. The number of carbonyl (C=O) groups is 1. The Bertz CT molecular complexity index is 441. The van der Waals surface area contributed by atoms with Crippen molar-refractivity contribution in [2.45, 2.75) is 32.9 Å². The Kier molecular flexibility index (Phi) is 5.30. The number of hydrogen-bond acceptors (Lipinski definition) is 4. The second-order valence-corrected chi connectivity index (χ2v) is 5.16. The van der Waals surface area contributed by atoms with Gasteiger partial charge in [-0.05, 0) is 38.5 Å². The van der Waals surface area contributed by atoms with Gasteiger partial charge in [-0.1, -0.05) is 6.07 Å². The average molecular weight is 269 g/mol. The molecule has 1 rings (SSSR count). The molecule has 1 aromatic rings. The minimum absolute atomic E-state index is 0.0882. The summed E-state index contributed by atoms with van der Waals surface area (Å²) >= 11 is 0. The van der Waals surface area contributed by atoms with E-state index in [1.165, 1.54) is 13.2 Å². The summed E-state index contributed by atoms with van der Waals surface area (Å²) in [6.45, 7) is 5.91. The Labute approximate surface area is 112 Å². The molecular weight excluding hydrogens is 249 g/mol. The van der Waals surface area contributed by atoms with Crippen LogP contribution in [0.4, 0.5) is 4.39 Å². The number of benzene rings is 1. The van der Waals surface area contributed by atoms with Gasteiger partial charge in [-0.2, -0.15) is 0 Å². The molecule has 0 atom stereocenters. The maximum absolute atomic E-state index is 13.4. The van der Waals surface area contributed by atoms with Crippen LogP contribution in [0.3, 0.4) is 0 Å². The Morgan fingerprint density at radius 1 is 1.37 bits per heavy atom. The van der Waals surface area contributed by atoms with E-state index in [2.05, 4.69) is 5.32 Å². The van der Waals surface area contributed by atoms with Crippen LogP contribution in [-0.4, -0.2) is 25.2 Å². The van der Waals surface area contributed by atoms with E-state index in [1.807, 2.05) is 20.8 Å². The van der Waals surface area contributed by atoms with E-state index in [0.717, 1.165) is 5.56 Å². The van der Waals surface area contributed by atoms with Gasteiger partial charge in [0.1, 0.15) is 5.60 Å². The van der Waals surface area contributed by atoms with Crippen LogP contribution >= 0.6 is 0 Å². The number of carbonyl (C=O) groups excluding carboxylic acids is 1. The van der Waals surface area contributed by atoms with Crippen molar-refractivity contribution in [2.24, 2.45) is 0 Å². The molecule has 0 saturated heterocycles. The molecule has 4 nitrogen and oxygen atoms in total. The molecule has 0 fully saturated rings. The van der Waals surface area contributed by atoms with Crippen molar-refractivity contribution < 1.29 is 18.7 Å². The summed E-state index contributed by atoms with van der Waals surface area (Å²) in [5, 5.41) is 2.91. The molecule has 0 aliphatic carbocycles. The number of ether oxygens (including phenoxy) is 2. The maximum Gasteiger partial charge on any atom is 0.320 e. The van der Waals surface area contributed by atoms with Crippen LogP contribution in [0.1, 0.15) is 26.3 Å². The standard InChI is InChI=1S/C14H20FNO3/c1-14(2,3)19-13(17)9-16-8-10-5-6-12(18-4)11(15)7-10/h5-7,16H,8-9H2,1-4H3. The zero-order chi connectivity index (χ0) is 14.5. The molecule has 0 spiro atoms. The fourth-order valence-electron chi connectivity index (χ4n) is 1.51. The third-order valence-electron chi connectivity index (χ3n) is 2.23. The van der Waals surface area contributed by atoms with Gasteiger partial charge in [0.25, 0.3) is 0 Å². The Balaban J connectivity index is 2.41. The average Bonchev–Trinajstić information content (AvgIpc) is 2.26. The molecule has 106 valence electrons. The highest BCUT2D eigenvalue weighted by molar-refractivity contribution is 5.72. The van der Waals surface area contributed by atoms with E-state index in [9.17, 15) is 9.18 Å². The number of esters is 1. The molecule has 0 saturated carbocycles. The van der Waals surface area contributed by atoms with Gasteiger partial charge < -0.3 is 14.8 Å². The summed E-state index contributed by atoms with van der Waals surface area (Å²) in [5.74, 6) is -0.545. The molecule has 0 aliphatic heterocycles. The highest BCUT2D eigenvalue weighted by Crippen LogP contribution is 2.17. The zero-order valence-electron chi connectivity index (χ0n) is 11.7. The lowest BCUT2D eigenvalue weighted by atomic mass is 10.2. The summed E-state index contributed by atoms with van der Waals surface area (Å²) in [5.41, 5.74) is 0.243. The van der Waals surface area contributed by atoms with Crippen LogP contribution in [0, 0.1) is 5.82 Å². The Hall–Kier alpha value is -1.62. The van der Waals surface area contributed by atoms with Crippen molar-refractivity contribution in [3.63, 3.8) is 0 Å². The minimum atomic E-state index is -0.495. The van der Waals surface area contributed by atoms with Gasteiger partial charge in [0.15, 0.2) is 11.6 Å². The maximum atomic E-state index is 13.4. The van der Waals surface area contributed by atoms with Crippen molar-refractivity contribution in [2.75, 3.05) is 13.7 Å². The normalized spacial score (nSPS) is 11.2. The van der Waals surface area contributed by atoms with Gasteiger partial charge in [-0.25, -0.2) is 4.39 Å². The lowest BCUT2D eigenvalue weighted by Crippen LogP contribution is -2.31. The van der Waals surface area contributed by atoms with Crippen molar-refractivity contribution >= 4 is 5.97 Å². The molecule has 0 aliphatic rings. The fraction of sp³-hybridized carbons (Fsp3) is 0.500. The number of rotatable bonds is 5. The van der Waals surface area contributed by atoms with Crippen LogP contribution in [0.25, 0.3) is 0 Å². The topological polar surface area (TPSA) is 47.6 Å². The van der Waals surface area contributed by atoms with Crippen LogP contribution in [0.2, 0.25) is 0 Å². The van der Waals surface area contributed by atoms with Crippen molar-refractivity contribution in [3.05, 3.63) is 29.6 Å². The number of halogens is 1. The first-order valence-electron chi connectivity index (χ1n) is 6.07. The monoisotopic (exact) mass is 269 g/mol. The molecular formula is C14H20FNO3. The second-order valence-electron chi connectivity index (χ2n) is 5.16. The van der Waals surface area contributed by atoms with E-state index in [4.69, 9.17) is 9.47 Å². The van der Waals surface area contributed by atoms with E-state index in [1.54, 1.807) is 12.1 Å². The second kappa shape index (κ2) is 6.52. The van der Waals surface area contributed by atoms with E-state index in [0.29, 0.717) is 6.54 Å². The SMILES string of the molecule is COc1ccc(CNCC(=O)OC(C)(C)C)cc1F. The van der Waals surface area contributed by atoms with Gasteiger partial charge in [0.2, 0.25) is 0 Å². The van der Waals surface area contributed by atoms with Gasteiger partial charge >= 0.3 is 5.97 Å². The summed E-state index contributed by atoms with van der Waals surface area (Å²) < 4.78 is 23.4. The predicted molar refractivity (Wildman–Crippen MR) is 70.5 cm³/mol. The number of nitrogens with one attached hydrogen (secondary N) is 1.